The third kappa shape index (κ3) is 3.57. The summed E-state index contributed by atoms with van der Waals surface area (Å²) < 4.78 is 0. The summed E-state index contributed by atoms with van der Waals surface area (Å²) in [6, 6.07) is 0.461. The fourth-order valence-corrected chi connectivity index (χ4v) is 1.56. The maximum absolute atomic E-state index is 4.55. The van der Waals surface area contributed by atoms with Crippen LogP contribution in [0.1, 0.15) is 25.2 Å². The summed E-state index contributed by atoms with van der Waals surface area (Å²) in [5.41, 5.74) is 1.07. The molecule has 1 heterocycles. The lowest BCUT2D eigenvalue weighted by Gasteiger charge is -2.21. The van der Waals surface area contributed by atoms with Crippen molar-refractivity contribution in [2.24, 2.45) is 0 Å². The van der Waals surface area contributed by atoms with Crippen LogP contribution < -0.4 is 10.6 Å². The monoisotopic (exact) mass is 251 g/mol. The first-order valence-electron chi connectivity index (χ1n) is 6.45. The van der Waals surface area contributed by atoms with Crippen LogP contribution in [-0.4, -0.2) is 48.6 Å². The van der Waals surface area contributed by atoms with Crippen LogP contribution in [0, 0.1) is 6.92 Å². The van der Waals surface area contributed by atoms with Gasteiger partial charge in [0.2, 0.25) is 0 Å². The van der Waals surface area contributed by atoms with Gasteiger partial charge in [-0.1, -0.05) is 6.92 Å². The zero-order chi connectivity index (χ0) is 13.7. The van der Waals surface area contributed by atoms with Gasteiger partial charge in [0.05, 0.1) is 0 Å². The fourth-order valence-electron chi connectivity index (χ4n) is 1.56. The Balaban J connectivity index is 2.87. The third-order valence-corrected chi connectivity index (χ3v) is 3.19. The summed E-state index contributed by atoms with van der Waals surface area (Å²) in [6.07, 6.45) is 0.840. The molecule has 0 radical (unpaired) electrons. The summed E-state index contributed by atoms with van der Waals surface area (Å²) in [5, 5.41) is 6.53. The van der Waals surface area contributed by atoms with Crippen LogP contribution in [0.25, 0.3) is 0 Å². The Morgan fingerprint density at radius 3 is 2.33 bits per heavy atom. The van der Waals surface area contributed by atoms with Gasteiger partial charge in [0.25, 0.3) is 0 Å². The molecule has 0 saturated carbocycles. The van der Waals surface area contributed by atoms with E-state index in [0.717, 1.165) is 36.0 Å². The Kier molecular flexibility index (Phi) is 5.34. The quantitative estimate of drug-likeness (QED) is 0.807. The van der Waals surface area contributed by atoms with E-state index in [9.17, 15) is 0 Å². The lowest BCUT2D eigenvalue weighted by atomic mass is 10.2. The fraction of sp³-hybridized carbons (Fsp3) is 0.692. The molecule has 1 unspecified atom stereocenters. The van der Waals surface area contributed by atoms with Crippen LogP contribution >= 0.6 is 0 Å². The lowest BCUT2D eigenvalue weighted by Crippen LogP contribution is -2.32. The van der Waals surface area contributed by atoms with Crippen molar-refractivity contribution in [2.45, 2.75) is 33.2 Å². The number of hydrogen-bond donors (Lipinski definition) is 2. The first-order valence-corrected chi connectivity index (χ1v) is 6.45. The van der Waals surface area contributed by atoms with Gasteiger partial charge in [-0.15, -0.1) is 0 Å². The van der Waals surface area contributed by atoms with Crippen molar-refractivity contribution < 1.29 is 0 Å². The smallest absolute Gasteiger partial charge is 0.134 e. The topological polar surface area (TPSA) is 53.1 Å². The van der Waals surface area contributed by atoms with E-state index in [2.05, 4.69) is 53.4 Å². The number of aryl methyl sites for hydroxylation is 1. The molecule has 0 saturated heterocycles. The van der Waals surface area contributed by atoms with E-state index in [0.29, 0.717) is 6.04 Å². The molecule has 5 nitrogen and oxygen atoms in total. The number of aromatic nitrogens is 2. The highest BCUT2D eigenvalue weighted by Gasteiger charge is 2.10. The Morgan fingerprint density at radius 2 is 1.83 bits per heavy atom. The van der Waals surface area contributed by atoms with Crippen molar-refractivity contribution in [1.29, 1.82) is 0 Å². The molecule has 18 heavy (non-hydrogen) atoms. The minimum Gasteiger partial charge on any atom is -0.373 e. The standard InChI is InChI=1S/C13H25N5/c1-7-11-16-12(14-4)10(3)13(17-11)15-8-9(2)18(5)6/h9H,7-8H2,1-6H3,(H2,14,15,16,17). The predicted octanol–water partition coefficient (Wildman–Crippen LogP) is 1.75. The lowest BCUT2D eigenvalue weighted by molar-refractivity contribution is 0.326. The van der Waals surface area contributed by atoms with Crippen molar-refractivity contribution >= 4 is 11.6 Å². The minimum atomic E-state index is 0.461. The van der Waals surface area contributed by atoms with E-state index >= 15 is 0 Å². The van der Waals surface area contributed by atoms with Gasteiger partial charge in [0.1, 0.15) is 17.5 Å². The molecule has 0 amide bonds. The highest BCUT2D eigenvalue weighted by atomic mass is 15.1. The van der Waals surface area contributed by atoms with Crippen molar-refractivity contribution in [2.75, 3.05) is 38.3 Å². The highest BCUT2D eigenvalue weighted by Crippen LogP contribution is 2.19. The Labute approximate surface area is 110 Å². The van der Waals surface area contributed by atoms with Crippen molar-refractivity contribution in [3.05, 3.63) is 11.4 Å². The normalized spacial score (nSPS) is 12.6. The molecule has 2 N–H and O–H groups in total. The molecule has 0 bridgehead atoms. The maximum atomic E-state index is 4.55. The van der Waals surface area contributed by atoms with Gasteiger partial charge < -0.3 is 15.5 Å². The molecule has 1 aromatic heterocycles. The second kappa shape index (κ2) is 6.54. The van der Waals surface area contributed by atoms with E-state index in [4.69, 9.17) is 0 Å². The summed E-state index contributed by atoms with van der Waals surface area (Å²) in [7, 11) is 6.05. The Bertz CT molecular complexity index is 389. The van der Waals surface area contributed by atoms with Crippen molar-refractivity contribution in [3.8, 4) is 0 Å². The molecular weight excluding hydrogens is 226 g/mol. The molecule has 0 aliphatic rings. The van der Waals surface area contributed by atoms with Crippen LogP contribution in [0.4, 0.5) is 11.6 Å². The van der Waals surface area contributed by atoms with Gasteiger partial charge in [-0.3, -0.25) is 0 Å². The van der Waals surface area contributed by atoms with Gasteiger partial charge in [0, 0.05) is 31.6 Å². The van der Waals surface area contributed by atoms with Crippen LogP contribution in [0.2, 0.25) is 0 Å². The Morgan fingerprint density at radius 1 is 1.22 bits per heavy atom. The summed E-state index contributed by atoms with van der Waals surface area (Å²) >= 11 is 0. The third-order valence-electron chi connectivity index (χ3n) is 3.19. The maximum Gasteiger partial charge on any atom is 0.134 e. The molecule has 1 atom stereocenters. The van der Waals surface area contributed by atoms with Crippen molar-refractivity contribution in [1.82, 2.24) is 14.9 Å². The number of hydrogen-bond acceptors (Lipinski definition) is 5. The number of likely N-dealkylation sites (N-methyl/N-ethyl adjacent to an activating group) is 1. The molecular formula is C13H25N5. The highest BCUT2D eigenvalue weighted by molar-refractivity contribution is 5.57. The molecule has 0 spiro atoms. The molecule has 1 rings (SSSR count). The summed E-state index contributed by atoms with van der Waals surface area (Å²) in [4.78, 5) is 11.2. The molecule has 0 fully saturated rings. The molecule has 1 aromatic rings. The number of rotatable bonds is 6. The number of nitrogens with zero attached hydrogens (tertiary/aromatic N) is 3. The SMILES string of the molecule is CCc1nc(NC)c(C)c(NCC(C)N(C)C)n1. The van der Waals surface area contributed by atoms with Crippen molar-refractivity contribution in [3.63, 3.8) is 0 Å². The first-order chi connectivity index (χ1) is 8.49. The van der Waals surface area contributed by atoms with Crippen LogP contribution in [0.15, 0.2) is 0 Å². The van der Waals surface area contributed by atoms with Crippen LogP contribution in [0.3, 0.4) is 0 Å². The van der Waals surface area contributed by atoms with E-state index in [1.807, 2.05) is 14.0 Å². The van der Waals surface area contributed by atoms with E-state index < -0.39 is 0 Å². The number of anilines is 2. The first kappa shape index (κ1) is 14.7. The van der Waals surface area contributed by atoms with Gasteiger partial charge in [-0.25, -0.2) is 9.97 Å². The second-order valence-electron chi connectivity index (χ2n) is 4.76. The average Bonchev–Trinajstić information content (AvgIpc) is 2.36. The summed E-state index contributed by atoms with van der Waals surface area (Å²) in [5.74, 6) is 2.70. The predicted molar refractivity (Wildman–Crippen MR) is 77.3 cm³/mol. The molecule has 0 aliphatic heterocycles. The van der Waals surface area contributed by atoms with Gasteiger partial charge in [-0.05, 0) is 27.9 Å². The van der Waals surface area contributed by atoms with Gasteiger partial charge >= 0.3 is 0 Å². The second-order valence-corrected chi connectivity index (χ2v) is 4.76. The molecule has 5 heteroatoms. The van der Waals surface area contributed by atoms with Gasteiger partial charge in [0.15, 0.2) is 0 Å². The van der Waals surface area contributed by atoms with Crippen LogP contribution in [0.5, 0.6) is 0 Å². The largest absolute Gasteiger partial charge is 0.373 e. The van der Waals surface area contributed by atoms with E-state index in [1.54, 1.807) is 0 Å². The molecule has 0 aliphatic carbocycles. The summed E-state index contributed by atoms with van der Waals surface area (Å²) in [6.45, 7) is 7.16. The van der Waals surface area contributed by atoms with Gasteiger partial charge in [-0.2, -0.15) is 0 Å². The zero-order valence-corrected chi connectivity index (χ0v) is 12.3. The number of nitrogens with one attached hydrogen (secondary N) is 2. The zero-order valence-electron chi connectivity index (χ0n) is 12.3. The minimum absolute atomic E-state index is 0.461. The average molecular weight is 251 g/mol. The molecule has 0 aromatic carbocycles. The Hall–Kier alpha value is -1.36. The molecule has 102 valence electrons. The van der Waals surface area contributed by atoms with Crippen LogP contribution in [-0.2, 0) is 6.42 Å². The van der Waals surface area contributed by atoms with E-state index in [-0.39, 0.29) is 0 Å². The van der Waals surface area contributed by atoms with E-state index in [1.165, 1.54) is 0 Å².